The Hall–Kier alpha value is -2.34. The van der Waals surface area contributed by atoms with Gasteiger partial charge in [0.2, 0.25) is 5.91 Å². The number of amides is 1. The molecule has 1 amide bonds. The highest BCUT2D eigenvalue weighted by Crippen LogP contribution is 2.29. The van der Waals surface area contributed by atoms with Gasteiger partial charge in [-0.15, -0.1) is 0 Å². The summed E-state index contributed by atoms with van der Waals surface area (Å²) in [5, 5.41) is 11.4. The second-order valence-corrected chi connectivity index (χ2v) is 9.43. The fourth-order valence-electron chi connectivity index (χ4n) is 4.70. The van der Waals surface area contributed by atoms with Gasteiger partial charge >= 0.3 is 0 Å². The van der Waals surface area contributed by atoms with E-state index in [1.54, 1.807) is 6.08 Å². The van der Waals surface area contributed by atoms with Crippen molar-refractivity contribution < 1.29 is 14.6 Å². The summed E-state index contributed by atoms with van der Waals surface area (Å²) in [6.45, 7) is 4.39. The minimum atomic E-state index is -0.573. The van der Waals surface area contributed by atoms with E-state index in [1.165, 1.54) is 5.56 Å². The first-order valence-corrected chi connectivity index (χ1v) is 12.3. The van der Waals surface area contributed by atoms with Gasteiger partial charge < -0.3 is 19.6 Å². The molecule has 2 fully saturated rings. The summed E-state index contributed by atoms with van der Waals surface area (Å²) >= 11 is 6.14. The SMILES string of the molecule is O=C(C=Cc1ccccc1OCC(O)CN1CCC(c2cccc(Cl)c2)CC1)N1CCCC1. The van der Waals surface area contributed by atoms with Crippen LogP contribution in [0, 0.1) is 0 Å². The smallest absolute Gasteiger partial charge is 0.246 e. The Labute approximate surface area is 201 Å². The first-order chi connectivity index (χ1) is 16.1. The molecule has 0 bridgehead atoms. The number of β-amino-alcohol motifs (C(OH)–C–C–N with tert-alkyl or cyclic N) is 1. The van der Waals surface area contributed by atoms with Gasteiger partial charge in [-0.05, 0) is 74.5 Å². The number of halogens is 1. The highest BCUT2D eigenvalue weighted by Gasteiger charge is 2.22. The minimum Gasteiger partial charge on any atom is -0.490 e. The van der Waals surface area contributed by atoms with Gasteiger partial charge in [0.05, 0.1) is 0 Å². The van der Waals surface area contributed by atoms with Gasteiger partial charge in [-0.25, -0.2) is 0 Å². The lowest BCUT2D eigenvalue weighted by Crippen LogP contribution is -2.40. The molecule has 5 nitrogen and oxygen atoms in total. The monoisotopic (exact) mass is 468 g/mol. The molecule has 1 unspecified atom stereocenters. The van der Waals surface area contributed by atoms with Gasteiger partial charge in [0.15, 0.2) is 0 Å². The minimum absolute atomic E-state index is 0.0449. The van der Waals surface area contributed by atoms with Crippen molar-refractivity contribution in [2.45, 2.75) is 37.7 Å². The summed E-state index contributed by atoms with van der Waals surface area (Å²) in [6, 6.07) is 15.8. The lowest BCUT2D eigenvalue weighted by Gasteiger charge is -2.33. The van der Waals surface area contributed by atoms with Crippen molar-refractivity contribution in [2.75, 3.05) is 39.3 Å². The van der Waals surface area contributed by atoms with Crippen molar-refractivity contribution in [3.63, 3.8) is 0 Å². The van der Waals surface area contributed by atoms with Crippen LogP contribution in [0.2, 0.25) is 5.02 Å². The summed E-state index contributed by atoms with van der Waals surface area (Å²) in [7, 11) is 0. The summed E-state index contributed by atoms with van der Waals surface area (Å²) in [5.74, 6) is 1.25. The number of aliphatic hydroxyl groups is 1. The van der Waals surface area contributed by atoms with Crippen molar-refractivity contribution in [1.29, 1.82) is 0 Å². The first-order valence-electron chi connectivity index (χ1n) is 11.9. The van der Waals surface area contributed by atoms with Crippen LogP contribution >= 0.6 is 11.6 Å². The molecule has 0 saturated carbocycles. The van der Waals surface area contributed by atoms with Crippen molar-refractivity contribution >= 4 is 23.6 Å². The number of ether oxygens (including phenoxy) is 1. The molecule has 2 heterocycles. The Morgan fingerprint density at radius 2 is 1.85 bits per heavy atom. The molecule has 2 aliphatic heterocycles. The molecule has 2 aliphatic rings. The zero-order valence-corrected chi connectivity index (χ0v) is 19.8. The van der Waals surface area contributed by atoms with E-state index < -0.39 is 6.10 Å². The predicted molar refractivity (Wildman–Crippen MR) is 133 cm³/mol. The fourth-order valence-corrected chi connectivity index (χ4v) is 4.90. The predicted octanol–water partition coefficient (Wildman–Crippen LogP) is 4.59. The molecule has 33 heavy (non-hydrogen) atoms. The standard InChI is InChI=1S/C27H33ClN2O3/c28-24-8-5-7-23(18-24)21-12-16-29(17-13-21)19-25(31)20-33-26-9-2-1-6-22(26)10-11-27(32)30-14-3-4-15-30/h1-2,5-11,18,21,25,31H,3-4,12-17,19-20H2. The maximum Gasteiger partial charge on any atom is 0.246 e. The van der Waals surface area contributed by atoms with Gasteiger partial charge in [-0.2, -0.15) is 0 Å². The third kappa shape index (κ3) is 6.83. The summed E-state index contributed by atoms with van der Waals surface area (Å²) in [4.78, 5) is 16.5. The van der Waals surface area contributed by atoms with E-state index in [1.807, 2.05) is 47.4 Å². The average molecular weight is 469 g/mol. The Kier molecular flexibility index (Phi) is 8.43. The molecule has 0 radical (unpaired) electrons. The topological polar surface area (TPSA) is 53.0 Å². The average Bonchev–Trinajstić information content (AvgIpc) is 3.37. The van der Waals surface area contributed by atoms with Crippen molar-refractivity contribution in [2.24, 2.45) is 0 Å². The molecular weight excluding hydrogens is 436 g/mol. The maximum atomic E-state index is 12.3. The molecule has 2 aromatic rings. The van der Waals surface area contributed by atoms with Crippen molar-refractivity contribution in [3.05, 3.63) is 70.8 Å². The Balaban J connectivity index is 1.24. The molecule has 4 rings (SSSR count). The molecular formula is C27H33ClN2O3. The van der Waals surface area contributed by atoms with Crippen molar-refractivity contribution in [1.82, 2.24) is 9.80 Å². The van der Waals surface area contributed by atoms with Gasteiger partial charge in [-0.3, -0.25) is 4.79 Å². The quantitative estimate of drug-likeness (QED) is 0.575. The highest BCUT2D eigenvalue weighted by atomic mass is 35.5. The largest absolute Gasteiger partial charge is 0.490 e. The Bertz CT molecular complexity index is 950. The van der Waals surface area contributed by atoms with Gasteiger partial charge in [0.1, 0.15) is 18.5 Å². The Morgan fingerprint density at radius 3 is 2.61 bits per heavy atom. The van der Waals surface area contributed by atoms with Crippen LogP contribution < -0.4 is 4.74 Å². The number of carbonyl (C=O) groups excluding carboxylic acids is 1. The first kappa shape index (κ1) is 23.8. The zero-order chi connectivity index (χ0) is 23.0. The van der Waals surface area contributed by atoms with Gasteiger partial charge in [0.25, 0.3) is 0 Å². The van der Waals surface area contributed by atoms with E-state index in [0.717, 1.165) is 62.4 Å². The van der Waals surface area contributed by atoms with E-state index >= 15 is 0 Å². The molecule has 0 aromatic heterocycles. The number of carbonyl (C=O) groups is 1. The molecule has 1 N–H and O–H groups in total. The van der Waals surface area contributed by atoms with E-state index in [2.05, 4.69) is 17.0 Å². The number of rotatable bonds is 8. The third-order valence-electron chi connectivity index (χ3n) is 6.55. The second-order valence-electron chi connectivity index (χ2n) is 9.00. The molecule has 0 aliphatic carbocycles. The lowest BCUT2D eigenvalue weighted by molar-refractivity contribution is -0.124. The highest BCUT2D eigenvalue weighted by molar-refractivity contribution is 6.30. The van der Waals surface area contributed by atoms with Crippen molar-refractivity contribution in [3.8, 4) is 5.75 Å². The lowest BCUT2D eigenvalue weighted by atomic mass is 9.89. The summed E-state index contributed by atoms with van der Waals surface area (Å²) in [6.07, 6.45) is 7.14. The molecule has 176 valence electrons. The maximum absolute atomic E-state index is 12.3. The fraction of sp³-hybridized carbons (Fsp3) is 0.444. The summed E-state index contributed by atoms with van der Waals surface area (Å²) < 4.78 is 5.93. The molecule has 1 atom stereocenters. The van der Waals surface area contributed by atoms with Gasteiger partial charge in [0, 0.05) is 36.3 Å². The van der Waals surface area contributed by atoms with Crippen LogP contribution in [0.5, 0.6) is 5.75 Å². The van der Waals surface area contributed by atoms with E-state index in [-0.39, 0.29) is 12.5 Å². The Morgan fingerprint density at radius 1 is 1.09 bits per heavy atom. The number of hydrogen-bond donors (Lipinski definition) is 1. The third-order valence-corrected chi connectivity index (χ3v) is 6.79. The molecule has 6 heteroatoms. The number of aliphatic hydroxyl groups excluding tert-OH is 1. The van der Waals surface area contributed by atoms with Crippen LogP contribution in [0.4, 0.5) is 0 Å². The zero-order valence-electron chi connectivity index (χ0n) is 19.0. The second kappa shape index (κ2) is 11.7. The summed E-state index contributed by atoms with van der Waals surface area (Å²) in [5.41, 5.74) is 2.15. The molecule has 2 aromatic carbocycles. The van der Waals surface area contributed by atoms with Crippen LogP contribution in [-0.2, 0) is 4.79 Å². The van der Waals surface area contributed by atoms with Crippen LogP contribution in [0.25, 0.3) is 6.08 Å². The number of hydrogen-bond acceptors (Lipinski definition) is 4. The van der Waals surface area contributed by atoms with E-state index in [4.69, 9.17) is 16.3 Å². The van der Waals surface area contributed by atoms with E-state index in [9.17, 15) is 9.90 Å². The number of likely N-dealkylation sites (tertiary alicyclic amines) is 2. The van der Waals surface area contributed by atoms with Crippen LogP contribution in [0.3, 0.4) is 0 Å². The number of piperidine rings is 1. The number of benzene rings is 2. The van der Waals surface area contributed by atoms with Gasteiger partial charge in [-0.1, -0.05) is 41.9 Å². The number of nitrogens with zero attached hydrogens (tertiary/aromatic N) is 2. The van der Waals surface area contributed by atoms with Crippen LogP contribution in [-0.4, -0.2) is 66.2 Å². The normalized spacial score (nSPS) is 18.7. The van der Waals surface area contributed by atoms with Crippen LogP contribution in [0.1, 0.15) is 42.7 Å². The molecule has 0 spiro atoms. The van der Waals surface area contributed by atoms with Crippen LogP contribution in [0.15, 0.2) is 54.6 Å². The van der Waals surface area contributed by atoms with E-state index in [0.29, 0.717) is 18.2 Å². The number of para-hydroxylation sites is 1. The molecule has 2 saturated heterocycles.